The number of nitrogens with zero attached hydrogens (tertiary/aromatic N) is 1. The normalized spacial score (nSPS) is 20.1. The highest BCUT2D eigenvalue weighted by Gasteiger charge is 2.25. The lowest BCUT2D eigenvalue weighted by atomic mass is 10.1. The number of benzene rings is 1. The van der Waals surface area contributed by atoms with Gasteiger partial charge in [0.25, 0.3) is 5.91 Å². The van der Waals surface area contributed by atoms with E-state index in [1.54, 1.807) is 23.1 Å². The molecule has 1 amide bonds. The third-order valence-corrected chi connectivity index (χ3v) is 2.89. The molecule has 1 aliphatic heterocycles. The summed E-state index contributed by atoms with van der Waals surface area (Å²) in [4.78, 5) is 13.8. The molecule has 3 N–H and O–H groups in total. The molecule has 1 aromatic carbocycles. The summed E-state index contributed by atoms with van der Waals surface area (Å²) >= 11 is 0. The summed E-state index contributed by atoms with van der Waals surface area (Å²) in [7, 11) is 0. The Balaban J connectivity index is 2.23. The lowest BCUT2D eigenvalue weighted by molar-refractivity contribution is 0.0788. The van der Waals surface area contributed by atoms with Crippen LogP contribution in [0.5, 0.6) is 5.75 Å². The Morgan fingerprint density at radius 1 is 1.56 bits per heavy atom. The van der Waals surface area contributed by atoms with Crippen molar-refractivity contribution in [2.75, 3.05) is 13.1 Å². The van der Waals surface area contributed by atoms with E-state index in [1.807, 2.05) is 6.92 Å². The molecule has 4 nitrogen and oxygen atoms in total. The van der Waals surface area contributed by atoms with Crippen LogP contribution in [0, 0.1) is 6.92 Å². The van der Waals surface area contributed by atoms with Gasteiger partial charge in [0.15, 0.2) is 0 Å². The second-order valence-electron chi connectivity index (χ2n) is 4.32. The molecule has 2 rings (SSSR count). The zero-order valence-electron chi connectivity index (χ0n) is 9.31. The van der Waals surface area contributed by atoms with Crippen LogP contribution in [0.1, 0.15) is 22.3 Å². The van der Waals surface area contributed by atoms with Gasteiger partial charge in [-0.15, -0.1) is 0 Å². The third kappa shape index (κ3) is 2.02. The molecule has 1 saturated heterocycles. The topological polar surface area (TPSA) is 66.6 Å². The lowest BCUT2D eigenvalue weighted by Crippen LogP contribution is -2.31. The van der Waals surface area contributed by atoms with Crippen molar-refractivity contribution in [1.82, 2.24) is 4.90 Å². The fraction of sp³-hybridized carbons (Fsp3) is 0.417. The molecule has 16 heavy (non-hydrogen) atoms. The molecule has 1 aromatic rings. The average molecular weight is 220 g/mol. The van der Waals surface area contributed by atoms with E-state index in [-0.39, 0.29) is 17.7 Å². The van der Waals surface area contributed by atoms with E-state index in [9.17, 15) is 9.90 Å². The first-order valence-corrected chi connectivity index (χ1v) is 5.42. The monoisotopic (exact) mass is 220 g/mol. The number of phenols is 1. The second kappa shape index (κ2) is 4.14. The fourth-order valence-electron chi connectivity index (χ4n) is 1.96. The van der Waals surface area contributed by atoms with E-state index < -0.39 is 0 Å². The Morgan fingerprint density at radius 3 is 2.94 bits per heavy atom. The van der Waals surface area contributed by atoms with Gasteiger partial charge in [-0.05, 0) is 25.5 Å². The van der Waals surface area contributed by atoms with E-state index in [0.717, 1.165) is 12.0 Å². The van der Waals surface area contributed by atoms with Gasteiger partial charge in [-0.2, -0.15) is 0 Å². The lowest BCUT2D eigenvalue weighted by Gasteiger charge is -2.16. The van der Waals surface area contributed by atoms with E-state index >= 15 is 0 Å². The molecule has 86 valence electrons. The summed E-state index contributed by atoms with van der Waals surface area (Å²) in [6, 6.07) is 5.11. The Morgan fingerprint density at radius 2 is 2.31 bits per heavy atom. The predicted molar refractivity (Wildman–Crippen MR) is 61.3 cm³/mol. The minimum absolute atomic E-state index is 0.0380. The maximum absolute atomic E-state index is 12.1. The molecule has 1 fully saturated rings. The maximum Gasteiger partial charge on any atom is 0.257 e. The van der Waals surface area contributed by atoms with Crippen LogP contribution in [0.4, 0.5) is 0 Å². The van der Waals surface area contributed by atoms with Crippen LogP contribution in [-0.4, -0.2) is 35.0 Å². The molecule has 0 spiro atoms. The number of carbonyl (C=O) groups is 1. The van der Waals surface area contributed by atoms with Crippen LogP contribution in [0.25, 0.3) is 0 Å². The van der Waals surface area contributed by atoms with Gasteiger partial charge in [0.05, 0.1) is 5.56 Å². The highest BCUT2D eigenvalue weighted by Crippen LogP contribution is 2.21. The van der Waals surface area contributed by atoms with Crippen molar-refractivity contribution >= 4 is 5.91 Å². The van der Waals surface area contributed by atoms with Gasteiger partial charge >= 0.3 is 0 Å². The van der Waals surface area contributed by atoms with Crippen molar-refractivity contribution in [3.63, 3.8) is 0 Å². The summed E-state index contributed by atoms with van der Waals surface area (Å²) in [5.41, 5.74) is 7.08. The van der Waals surface area contributed by atoms with Crippen LogP contribution in [0.3, 0.4) is 0 Å². The fourth-order valence-corrected chi connectivity index (χ4v) is 1.96. The molecular weight excluding hydrogens is 204 g/mol. The quantitative estimate of drug-likeness (QED) is 0.738. The second-order valence-corrected chi connectivity index (χ2v) is 4.32. The van der Waals surface area contributed by atoms with Crippen molar-refractivity contribution in [2.24, 2.45) is 5.73 Å². The van der Waals surface area contributed by atoms with Gasteiger partial charge < -0.3 is 15.7 Å². The molecule has 1 atom stereocenters. The largest absolute Gasteiger partial charge is 0.507 e. The minimum atomic E-state index is -0.130. The van der Waals surface area contributed by atoms with Crippen molar-refractivity contribution in [2.45, 2.75) is 19.4 Å². The molecule has 0 unspecified atom stereocenters. The molecule has 0 saturated carbocycles. The van der Waals surface area contributed by atoms with Gasteiger partial charge in [0, 0.05) is 19.1 Å². The summed E-state index contributed by atoms with van der Waals surface area (Å²) in [6.45, 7) is 3.14. The smallest absolute Gasteiger partial charge is 0.257 e. The van der Waals surface area contributed by atoms with E-state index in [0.29, 0.717) is 18.7 Å². The third-order valence-electron chi connectivity index (χ3n) is 2.89. The molecule has 1 heterocycles. The molecule has 0 radical (unpaired) electrons. The zero-order valence-corrected chi connectivity index (χ0v) is 9.31. The summed E-state index contributed by atoms with van der Waals surface area (Å²) in [5.74, 6) is -0.0924. The number of amides is 1. The van der Waals surface area contributed by atoms with Gasteiger partial charge in [0.2, 0.25) is 0 Å². The average Bonchev–Trinajstić information content (AvgIpc) is 2.67. The van der Waals surface area contributed by atoms with Crippen LogP contribution in [0.2, 0.25) is 0 Å². The molecule has 0 aromatic heterocycles. The number of hydrogen-bond donors (Lipinski definition) is 2. The number of carbonyl (C=O) groups excluding carboxylic acids is 1. The molecule has 0 bridgehead atoms. The van der Waals surface area contributed by atoms with Crippen molar-refractivity contribution < 1.29 is 9.90 Å². The van der Waals surface area contributed by atoms with Crippen molar-refractivity contribution in [3.05, 3.63) is 29.3 Å². The van der Waals surface area contributed by atoms with Gasteiger partial charge in [-0.1, -0.05) is 11.6 Å². The van der Waals surface area contributed by atoms with Crippen LogP contribution in [-0.2, 0) is 0 Å². The summed E-state index contributed by atoms with van der Waals surface area (Å²) < 4.78 is 0. The predicted octanol–water partition coefficient (Wildman–Crippen LogP) is 0.874. The Kier molecular flexibility index (Phi) is 2.83. The molecular formula is C12H16N2O2. The van der Waals surface area contributed by atoms with Crippen LogP contribution >= 0.6 is 0 Å². The highest BCUT2D eigenvalue weighted by molar-refractivity contribution is 5.97. The summed E-state index contributed by atoms with van der Waals surface area (Å²) in [5, 5.41) is 9.65. The number of nitrogens with two attached hydrogens (primary N) is 1. The first-order valence-electron chi connectivity index (χ1n) is 5.42. The number of aryl methyl sites for hydroxylation is 1. The SMILES string of the molecule is Cc1ccc(O)c(C(=O)N2CC[C@H](N)C2)c1. The zero-order chi connectivity index (χ0) is 11.7. The minimum Gasteiger partial charge on any atom is -0.507 e. The highest BCUT2D eigenvalue weighted by atomic mass is 16.3. The number of aromatic hydroxyl groups is 1. The van der Waals surface area contributed by atoms with Gasteiger partial charge in [0.1, 0.15) is 5.75 Å². The Labute approximate surface area is 94.7 Å². The maximum atomic E-state index is 12.1. The molecule has 1 aliphatic rings. The van der Waals surface area contributed by atoms with Crippen LogP contribution in [0.15, 0.2) is 18.2 Å². The molecule has 4 heteroatoms. The van der Waals surface area contributed by atoms with E-state index in [1.165, 1.54) is 0 Å². The number of likely N-dealkylation sites (tertiary alicyclic amines) is 1. The Hall–Kier alpha value is -1.55. The van der Waals surface area contributed by atoms with Crippen molar-refractivity contribution in [3.8, 4) is 5.75 Å². The number of rotatable bonds is 1. The van der Waals surface area contributed by atoms with E-state index in [4.69, 9.17) is 5.73 Å². The molecule has 0 aliphatic carbocycles. The number of phenolic OH excluding ortho intramolecular Hbond substituents is 1. The van der Waals surface area contributed by atoms with Gasteiger partial charge in [-0.3, -0.25) is 4.79 Å². The summed E-state index contributed by atoms with van der Waals surface area (Å²) in [6.07, 6.45) is 0.832. The number of hydrogen-bond acceptors (Lipinski definition) is 3. The van der Waals surface area contributed by atoms with E-state index in [2.05, 4.69) is 0 Å². The standard InChI is InChI=1S/C12H16N2O2/c1-8-2-3-11(15)10(6-8)12(16)14-5-4-9(13)7-14/h2-3,6,9,15H,4-5,7,13H2,1H3/t9-/m0/s1. The first kappa shape index (κ1) is 11.0. The van der Waals surface area contributed by atoms with Gasteiger partial charge in [-0.25, -0.2) is 0 Å². The first-order chi connectivity index (χ1) is 7.58. The Bertz CT molecular complexity index is 417. The van der Waals surface area contributed by atoms with Crippen molar-refractivity contribution in [1.29, 1.82) is 0 Å². The van der Waals surface area contributed by atoms with Crippen LogP contribution < -0.4 is 5.73 Å².